The molecule has 0 aromatic carbocycles. The smallest absolute Gasteiger partial charge is 0.229 e. The Kier molecular flexibility index (Phi) is 2.55. The maximum atomic E-state index is 11.7. The summed E-state index contributed by atoms with van der Waals surface area (Å²) >= 11 is 0. The Morgan fingerprint density at radius 2 is 2.47 bits per heavy atom. The highest BCUT2D eigenvalue weighted by Crippen LogP contribution is 2.26. The molecule has 0 radical (unpaired) electrons. The lowest BCUT2D eigenvalue weighted by Gasteiger charge is -2.24. The molecule has 2 heterocycles. The molecule has 1 amide bonds. The molecule has 0 saturated heterocycles. The molecule has 1 aromatic heterocycles. The van der Waals surface area contributed by atoms with Crippen molar-refractivity contribution in [2.45, 2.75) is 12.5 Å². The predicted octanol–water partition coefficient (Wildman–Crippen LogP) is 0.154. The number of fused-ring (bicyclic) bond motifs is 1. The molecule has 5 nitrogen and oxygen atoms in total. The molecule has 80 valence electrons. The number of aromatic nitrogens is 1. The van der Waals surface area contributed by atoms with Crippen LogP contribution in [0.15, 0.2) is 18.3 Å². The number of carbonyl (C=O) groups is 1. The Morgan fingerprint density at radius 3 is 3.27 bits per heavy atom. The molecule has 2 rings (SSSR count). The van der Waals surface area contributed by atoms with Gasteiger partial charge in [-0.3, -0.25) is 9.69 Å². The van der Waals surface area contributed by atoms with Gasteiger partial charge in [-0.15, -0.1) is 0 Å². The van der Waals surface area contributed by atoms with Gasteiger partial charge < -0.3 is 10.5 Å². The Labute approximate surface area is 87.8 Å². The summed E-state index contributed by atoms with van der Waals surface area (Å²) in [4.78, 5) is 17.3. The molecule has 15 heavy (non-hydrogen) atoms. The van der Waals surface area contributed by atoms with Crippen molar-refractivity contribution in [1.82, 2.24) is 4.98 Å². The molecule has 0 unspecified atom stereocenters. The molecule has 1 aliphatic rings. The number of hydrogen-bond acceptors (Lipinski definition) is 4. The minimum absolute atomic E-state index is 0.0363. The predicted molar refractivity (Wildman–Crippen MR) is 55.7 cm³/mol. The van der Waals surface area contributed by atoms with Crippen LogP contribution >= 0.6 is 0 Å². The van der Waals surface area contributed by atoms with Crippen LogP contribution in [-0.4, -0.2) is 30.6 Å². The fourth-order valence-corrected chi connectivity index (χ4v) is 1.48. The standard InChI is InChI=1S/C10H13N3O2/c1-13-9(14)5-7(11)6-15-8-3-2-4-12-10(8)13/h2-4,7H,5-6,11H2,1H3/t7-/m1/s1. The number of amides is 1. The van der Waals surface area contributed by atoms with Gasteiger partial charge in [0, 0.05) is 25.7 Å². The molecule has 0 bridgehead atoms. The number of hydrogen-bond donors (Lipinski definition) is 1. The van der Waals surface area contributed by atoms with Crippen molar-refractivity contribution in [3.05, 3.63) is 18.3 Å². The molecule has 0 fully saturated rings. The number of nitrogens with two attached hydrogens (primary N) is 1. The van der Waals surface area contributed by atoms with E-state index in [0.717, 1.165) is 0 Å². The monoisotopic (exact) mass is 207 g/mol. The van der Waals surface area contributed by atoms with E-state index in [-0.39, 0.29) is 18.4 Å². The summed E-state index contributed by atoms with van der Waals surface area (Å²) in [5.74, 6) is 1.11. The molecule has 1 atom stereocenters. The van der Waals surface area contributed by atoms with Crippen molar-refractivity contribution in [3.8, 4) is 5.75 Å². The SMILES string of the molecule is CN1C(=O)C[C@@H](N)COc2cccnc21. The van der Waals surface area contributed by atoms with Crippen molar-refractivity contribution < 1.29 is 9.53 Å². The first-order valence-corrected chi connectivity index (χ1v) is 4.78. The summed E-state index contributed by atoms with van der Waals surface area (Å²) in [6.07, 6.45) is 1.92. The Balaban J connectivity index is 2.38. The summed E-state index contributed by atoms with van der Waals surface area (Å²) in [5.41, 5.74) is 5.72. The average molecular weight is 207 g/mol. The summed E-state index contributed by atoms with van der Waals surface area (Å²) in [6.45, 7) is 0.346. The summed E-state index contributed by atoms with van der Waals surface area (Å²) < 4.78 is 5.48. The quantitative estimate of drug-likeness (QED) is 0.657. The zero-order chi connectivity index (χ0) is 10.8. The van der Waals surface area contributed by atoms with Gasteiger partial charge in [0.15, 0.2) is 11.6 Å². The lowest BCUT2D eigenvalue weighted by Crippen LogP contribution is -2.39. The molecule has 0 aliphatic carbocycles. The number of nitrogens with zero attached hydrogens (tertiary/aromatic N) is 2. The lowest BCUT2D eigenvalue weighted by atomic mass is 10.2. The van der Waals surface area contributed by atoms with E-state index in [1.165, 1.54) is 4.90 Å². The maximum Gasteiger partial charge on any atom is 0.229 e. The summed E-state index contributed by atoms with van der Waals surface area (Å²) in [6, 6.07) is 3.29. The highest BCUT2D eigenvalue weighted by Gasteiger charge is 2.22. The number of ether oxygens (including phenoxy) is 1. The second-order valence-corrected chi connectivity index (χ2v) is 3.55. The van der Waals surface area contributed by atoms with E-state index >= 15 is 0 Å². The average Bonchev–Trinajstić information content (AvgIpc) is 2.24. The molecule has 0 spiro atoms. The van der Waals surface area contributed by atoms with E-state index < -0.39 is 0 Å². The van der Waals surface area contributed by atoms with Crippen LogP contribution < -0.4 is 15.4 Å². The first-order valence-electron chi connectivity index (χ1n) is 4.78. The second kappa shape index (κ2) is 3.86. The van der Waals surface area contributed by atoms with Gasteiger partial charge in [-0.25, -0.2) is 4.98 Å². The molecule has 1 aliphatic heterocycles. The van der Waals surface area contributed by atoms with E-state index in [2.05, 4.69) is 4.98 Å². The minimum atomic E-state index is -0.256. The van der Waals surface area contributed by atoms with Gasteiger partial charge in [-0.2, -0.15) is 0 Å². The highest BCUT2D eigenvalue weighted by atomic mass is 16.5. The van der Waals surface area contributed by atoms with Crippen LogP contribution in [0, 0.1) is 0 Å². The van der Waals surface area contributed by atoms with Crippen LogP contribution in [0.2, 0.25) is 0 Å². The summed E-state index contributed by atoms with van der Waals surface area (Å²) in [5, 5.41) is 0. The van der Waals surface area contributed by atoms with E-state index in [1.54, 1.807) is 25.4 Å². The molecule has 5 heteroatoms. The number of rotatable bonds is 0. The Bertz CT molecular complexity index is 381. The van der Waals surface area contributed by atoms with Crippen molar-refractivity contribution in [3.63, 3.8) is 0 Å². The second-order valence-electron chi connectivity index (χ2n) is 3.55. The Hall–Kier alpha value is -1.62. The van der Waals surface area contributed by atoms with Gasteiger partial charge >= 0.3 is 0 Å². The van der Waals surface area contributed by atoms with E-state index in [1.807, 2.05) is 0 Å². The van der Waals surface area contributed by atoms with Crippen molar-refractivity contribution in [1.29, 1.82) is 0 Å². The molecule has 2 N–H and O–H groups in total. The third-order valence-corrected chi connectivity index (χ3v) is 2.33. The van der Waals surface area contributed by atoms with E-state index in [0.29, 0.717) is 18.2 Å². The van der Waals surface area contributed by atoms with Crippen LogP contribution in [0.1, 0.15) is 6.42 Å². The third-order valence-electron chi connectivity index (χ3n) is 2.33. The first-order chi connectivity index (χ1) is 7.18. The van der Waals surface area contributed by atoms with Crippen molar-refractivity contribution in [2.75, 3.05) is 18.6 Å². The molecular weight excluding hydrogens is 194 g/mol. The van der Waals surface area contributed by atoms with Crippen LogP contribution in [-0.2, 0) is 4.79 Å². The third kappa shape index (κ3) is 1.92. The van der Waals surface area contributed by atoms with Crippen LogP contribution in [0.3, 0.4) is 0 Å². The fraction of sp³-hybridized carbons (Fsp3) is 0.400. The van der Waals surface area contributed by atoms with Crippen molar-refractivity contribution >= 4 is 11.7 Å². The molecule has 1 aromatic rings. The zero-order valence-corrected chi connectivity index (χ0v) is 8.51. The van der Waals surface area contributed by atoms with Gasteiger partial charge in [0.25, 0.3) is 0 Å². The van der Waals surface area contributed by atoms with Crippen LogP contribution in [0.4, 0.5) is 5.82 Å². The number of pyridine rings is 1. The zero-order valence-electron chi connectivity index (χ0n) is 8.51. The van der Waals surface area contributed by atoms with Gasteiger partial charge in [0.1, 0.15) is 6.61 Å². The highest BCUT2D eigenvalue weighted by molar-refractivity contribution is 5.93. The van der Waals surface area contributed by atoms with Crippen molar-refractivity contribution in [2.24, 2.45) is 5.73 Å². The number of anilines is 1. The Morgan fingerprint density at radius 1 is 1.67 bits per heavy atom. The maximum absolute atomic E-state index is 11.7. The fourth-order valence-electron chi connectivity index (χ4n) is 1.48. The van der Waals surface area contributed by atoms with Gasteiger partial charge in [-0.05, 0) is 12.1 Å². The van der Waals surface area contributed by atoms with Gasteiger partial charge in [0.05, 0.1) is 0 Å². The first kappa shape index (κ1) is 9.92. The molecule has 0 saturated carbocycles. The van der Waals surface area contributed by atoms with E-state index in [9.17, 15) is 4.79 Å². The van der Waals surface area contributed by atoms with E-state index in [4.69, 9.17) is 10.5 Å². The van der Waals surface area contributed by atoms with Crippen LogP contribution in [0.5, 0.6) is 5.75 Å². The van der Waals surface area contributed by atoms with Gasteiger partial charge in [0.2, 0.25) is 5.91 Å². The van der Waals surface area contributed by atoms with Gasteiger partial charge in [-0.1, -0.05) is 0 Å². The van der Waals surface area contributed by atoms with Crippen LogP contribution in [0.25, 0.3) is 0 Å². The number of carbonyl (C=O) groups excluding carboxylic acids is 1. The normalized spacial score (nSPS) is 21.3. The lowest BCUT2D eigenvalue weighted by molar-refractivity contribution is -0.119. The molecular formula is C10H13N3O2. The largest absolute Gasteiger partial charge is 0.488 e. The topological polar surface area (TPSA) is 68.5 Å². The summed E-state index contributed by atoms with van der Waals surface area (Å²) in [7, 11) is 1.68. The minimum Gasteiger partial charge on any atom is -0.488 e.